The molecule has 6 nitrogen and oxygen atoms in total. The summed E-state index contributed by atoms with van der Waals surface area (Å²) in [7, 11) is 0. The SMILES string of the molecule is Nc1ccn([C@H]2CC[C@@](/C=C/Cl)(CO)O2)c(=O)n1. The van der Waals surface area contributed by atoms with Gasteiger partial charge >= 0.3 is 5.69 Å². The van der Waals surface area contributed by atoms with Crippen LogP contribution in [0, 0.1) is 0 Å². The summed E-state index contributed by atoms with van der Waals surface area (Å²) >= 11 is 5.53. The monoisotopic (exact) mass is 271 g/mol. The highest BCUT2D eigenvalue weighted by Crippen LogP contribution is 2.36. The van der Waals surface area contributed by atoms with Crippen molar-refractivity contribution in [1.82, 2.24) is 9.55 Å². The van der Waals surface area contributed by atoms with Crippen LogP contribution in [0.3, 0.4) is 0 Å². The maximum atomic E-state index is 11.7. The number of ether oxygens (including phenoxy) is 1. The number of nitrogens with zero attached hydrogens (tertiary/aromatic N) is 2. The highest BCUT2D eigenvalue weighted by Gasteiger charge is 2.38. The van der Waals surface area contributed by atoms with Crippen LogP contribution < -0.4 is 11.4 Å². The second-order valence-electron chi connectivity index (χ2n) is 4.17. The zero-order valence-corrected chi connectivity index (χ0v) is 10.4. The van der Waals surface area contributed by atoms with Crippen molar-refractivity contribution < 1.29 is 9.84 Å². The molecule has 1 aliphatic heterocycles. The highest BCUT2D eigenvalue weighted by atomic mass is 35.5. The van der Waals surface area contributed by atoms with Crippen molar-refractivity contribution in [2.45, 2.75) is 24.7 Å². The predicted molar refractivity (Wildman–Crippen MR) is 67.1 cm³/mol. The van der Waals surface area contributed by atoms with E-state index in [0.29, 0.717) is 12.8 Å². The van der Waals surface area contributed by atoms with Gasteiger partial charge < -0.3 is 15.6 Å². The van der Waals surface area contributed by atoms with E-state index in [2.05, 4.69) is 4.98 Å². The maximum absolute atomic E-state index is 11.7. The van der Waals surface area contributed by atoms with E-state index >= 15 is 0 Å². The lowest BCUT2D eigenvalue weighted by atomic mass is 10.0. The molecule has 0 bridgehead atoms. The first-order valence-corrected chi connectivity index (χ1v) is 5.95. The number of hydrogen-bond donors (Lipinski definition) is 2. The number of nitrogens with two attached hydrogens (primary N) is 1. The van der Waals surface area contributed by atoms with E-state index in [0.717, 1.165) is 0 Å². The fourth-order valence-electron chi connectivity index (χ4n) is 2.00. The normalized spacial score (nSPS) is 28.0. The van der Waals surface area contributed by atoms with E-state index in [1.165, 1.54) is 22.4 Å². The number of nitrogen functional groups attached to an aromatic ring is 1. The van der Waals surface area contributed by atoms with Gasteiger partial charge in [-0.15, -0.1) is 0 Å². The van der Waals surface area contributed by atoms with Crippen LogP contribution in [0.25, 0.3) is 0 Å². The van der Waals surface area contributed by atoms with Crippen molar-refractivity contribution in [3.05, 3.63) is 34.4 Å². The van der Waals surface area contributed by atoms with Crippen LogP contribution in [0.4, 0.5) is 5.82 Å². The van der Waals surface area contributed by atoms with Gasteiger partial charge in [0, 0.05) is 11.7 Å². The van der Waals surface area contributed by atoms with Gasteiger partial charge in [0.2, 0.25) is 0 Å². The molecule has 0 aliphatic carbocycles. The van der Waals surface area contributed by atoms with Crippen molar-refractivity contribution in [3.8, 4) is 0 Å². The summed E-state index contributed by atoms with van der Waals surface area (Å²) in [5.74, 6) is 0.170. The maximum Gasteiger partial charge on any atom is 0.351 e. The van der Waals surface area contributed by atoms with Gasteiger partial charge in [-0.05, 0) is 25.0 Å². The summed E-state index contributed by atoms with van der Waals surface area (Å²) < 4.78 is 7.06. The molecule has 1 saturated heterocycles. The third kappa shape index (κ3) is 2.40. The second kappa shape index (κ2) is 5.09. The fraction of sp³-hybridized carbons (Fsp3) is 0.455. The highest BCUT2D eigenvalue weighted by molar-refractivity contribution is 6.25. The lowest BCUT2D eigenvalue weighted by molar-refractivity contribution is -0.0705. The summed E-state index contributed by atoms with van der Waals surface area (Å²) in [4.78, 5) is 15.3. The summed E-state index contributed by atoms with van der Waals surface area (Å²) in [5.41, 5.74) is 5.43. The average molecular weight is 272 g/mol. The molecule has 1 aliphatic rings. The number of aromatic nitrogens is 2. The van der Waals surface area contributed by atoms with E-state index in [-0.39, 0.29) is 12.4 Å². The molecule has 0 amide bonds. The van der Waals surface area contributed by atoms with Crippen LogP contribution in [0.1, 0.15) is 19.1 Å². The molecule has 0 saturated carbocycles. The lowest BCUT2D eigenvalue weighted by Gasteiger charge is -2.23. The molecule has 0 radical (unpaired) electrons. The Morgan fingerprint density at radius 1 is 1.78 bits per heavy atom. The minimum atomic E-state index is -0.826. The Balaban J connectivity index is 2.25. The predicted octanol–water partition coefficient (Wildman–Crippen LogP) is 0.618. The van der Waals surface area contributed by atoms with E-state index in [1.807, 2.05) is 0 Å². The quantitative estimate of drug-likeness (QED) is 0.841. The van der Waals surface area contributed by atoms with Crippen molar-refractivity contribution in [2.24, 2.45) is 0 Å². The second-order valence-corrected chi connectivity index (χ2v) is 4.42. The smallest absolute Gasteiger partial charge is 0.351 e. The molecule has 98 valence electrons. The molecule has 2 rings (SSSR count). The Morgan fingerprint density at radius 2 is 2.56 bits per heavy atom. The largest absolute Gasteiger partial charge is 0.393 e. The molecule has 3 N–H and O–H groups in total. The molecule has 2 heterocycles. The minimum absolute atomic E-state index is 0.170. The van der Waals surface area contributed by atoms with Gasteiger partial charge in [-0.3, -0.25) is 4.57 Å². The Hall–Kier alpha value is -1.37. The number of halogens is 1. The molecule has 18 heavy (non-hydrogen) atoms. The summed E-state index contributed by atoms with van der Waals surface area (Å²) in [6.45, 7) is -0.191. The van der Waals surface area contributed by atoms with Crippen molar-refractivity contribution in [2.75, 3.05) is 12.3 Å². The van der Waals surface area contributed by atoms with Gasteiger partial charge in [-0.25, -0.2) is 4.79 Å². The molecular weight excluding hydrogens is 258 g/mol. The number of aliphatic hydroxyl groups excluding tert-OH is 1. The van der Waals surface area contributed by atoms with Crippen LogP contribution in [-0.2, 0) is 4.74 Å². The van der Waals surface area contributed by atoms with E-state index in [9.17, 15) is 9.90 Å². The standard InChI is InChI=1S/C11H14ClN3O3/c12-5-4-11(7-16)3-1-9(18-11)15-6-2-8(13)14-10(15)17/h2,4-6,9,16H,1,3,7H2,(H2,13,14,17)/b5-4+/t9-,11-/m1/s1. The molecular formula is C11H14ClN3O3. The van der Waals surface area contributed by atoms with Gasteiger partial charge in [0.1, 0.15) is 17.6 Å². The van der Waals surface area contributed by atoms with Gasteiger partial charge in [0.25, 0.3) is 0 Å². The van der Waals surface area contributed by atoms with Crippen LogP contribution in [0.15, 0.2) is 28.7 Å². The lowest BCUT2D eigenvalue weighted by Crippen LogP contribution is -2.33. The van der Waals surface area contributed by atoms with Crippen LogP contribution in [0.5, 0.6) is 0 Å². The van der Waals surface area contributed by atoms with Gasteiger partial charge in [-0.2, -0.15) is 4.98 Å². The van der Waals surface area contributed by atoms with Crippen LogP contribution >= 0.6 is 11.6 Å². The van der Waals surface area contributed by atoms with Crippen LogP contribution in [-0.4, -0.2) is 26.9 Å². The number of rotatable bonds is 3. The first-order valence-electron chi connectivity index (χ1n) is 5.51. The zero-order valence-electron chi connectivity index (χ0n) is 9.62. The Morgan fingerprint density at radius 3 is 3.17 bits per heavy atom. The first-order chi connectivity index (χ1) is 8.60. The summed E-state index contributed by atoms with van der Waals surface area (Å²) in [5, 5.41) is 9.37. The Labute approximate surface area is 109 Å². The first kappa shape index (κ1) is 13.1. The number of hydrogen-bond acceptors (Lipinski definition) is 5. The molecule has 1 aromatic rings. The number of aliphatic hydroxyl groups is 1. The average Bonchev–Trinajstić information content (AvgIpc) is 2.74. The topological polar surface area (TPSA) is 90.4 Å². The van der Waals surface area contributed by atoms with Gasteiger partial charge in [0.05, 0.1) is 6.61 Å². The molecule has 0 aromatic carbocycles. The van der Waals surface area contributed by atoms with Crippen molar-refractivity contribution >= 4 is 17.4 Å². The van der Waals surface area contributed by atoms with Crippen LogP contribution in [0.2, 0.25) is 0 Å². The minimum Gasteiger partial charge on any atom is -0.393 e. The molecule has 1 aromatic heterocycles. The zero-order chi connectivity index (χ0) is 13.2. The molecule has 0 spiro atoms. The summed E-state index contributed by atoms with van der Waals surface area (Å²) in [6.07, 6.45) is 3.82. The van der Waals surface area contributed by atoms with Gasteiger partial charge in [0.15, 0.2) is 0 Å². The summed E-state index contributed by atoms with van der Waals surface area (Å²) in [6, 6.07) is 1.53. The third-order valence-corrected chi connectivity index (χ3v) is 3.11. The molecule has 7 heteroatoms. The van der Waals surface area contributed by atoms with Crippen molar-refractivity contribution in [1.29, 1.82) is 0 Å². The Bertz CT molecular complexity index is 517. The van der Waals surface area contributed by atoms with Gasteiger partial charge in [-0.1, -0.05) is 11.6 Å². The Kier molecular flexibility index (Phi) is 3.70. The number of anilines is 1. The molecule has 1 fully saturated rings. The third-order valence-electron chi connectivity index (χ3n) is 2.98. The van der Waals surface area contributed by atoms with E-state index in [4.69, 9.17) is 22.1 Å². The fourth-order valence-corrected chi connectivity index (χ4v) is 2.23. The molecule has 2 atom stereocenters. The van der Waals surface area contributed by atoms with E-state index in [1.54, 1.807) is 6.08 Å². The molecule has 0 unspecified atom stereocenters. The van der Waals surface area contributed by atoms with E-state index < -0.39 is 17.5 Å². The van der Waals surface area contributed by atoms with Crippen molar-refractivity contribution in [3.63, 3.8) is 0 Å².